The summed E-state index contributed by atoms with van der Waals surface area (Å²) in [6.45, 7) is 5.95. The van der Waals surface area contributed by atoms with Crippen LogP contribution >= 0.6 is 0 Å². The van der Waals surface area contributed by atoms with E-state index < -0.39 is 0 Å². The minimum absolute atomic E-state index is 0.185. The van der Waals surface area contributed by atoms with Crippen LogP contribution in [0.15, 0.2) is 24.9 Å². The number of carbonyl (C=O) groups excluding carboxylic acids is 1. The van der Waals surface area contributed by atoms with E-state index >= 15 is 0 Å². The number of piperidine rings is 1. The fourth-order valence-corrected chi connectivity index (χ4v) is 1.98. The highest BCUT2D eigenvalue weighted by Gasteiger charge is 2.15. The molecule has 1 aromatic rings. The van der Waals surface area contributed by atoms with Gasteiger partial charge >= 0.3 is 0 Å². The summed E-state index contributed by atoms with van der Waals surface area (Å²) in [5.74, 6) is 0.469. The Morgan fingerprint density at radius 2 is 2.22 bits per heavy atom. The highest BCUT2D eigenvalue weighted by atomic mass is 16.1. The summed E-state index contributed by atoms with van der Waals surface area (Å²) in [5, 5.41) is 2.71. The van der Waals surface area contributed by atoms with Crippen LogP contribution in [0.25, 0.3) is 0 Å². The van der Waals surface area contributed by atoms with Crippen LogP contribution in [-0.4, -0.2) is 35.5 Å². The van der Waals surface area contributed by atoms with Crippen molar-refractivity contribution in [2.24, 2.45) is 0 Å². The minimum Gasteiger partial charge on any atom is -0.347 e. The molecule has 1 amide bonds. The van der Waals surface area contributed by atoms with E-state index in [0.717, 1.165) is 25.9 Å². The van der Waals surface area contributed by atoms with Crippen LogP contribution in [0.1, 0.15) is 29.8 Å². The predicted molar refractivity (Wildman–Crippen MR) is 70.6 cm³/mol. The molecule has 1 fully saturated rings. The standard InChI is InChI=1S/C13H18N4O/c1-2-7-14-12(18)11-6-8-15-13(16-11)17-9-4-3-5-10-17/h2,6,8H,1,3-5,7,9-10H2,(H,14,18). The number of nitrogens with one attached hydrogen (secondary N) is 1. The summed E-state index contributed by atoms with van der Waals surface area (Å²) in [6, 6.07) is 1.63. The van der Waals surface area contributed by atoms with Crippen molar-refractivity contribution in [1.29, 1.82) is 0 Å². The Balaban J connectivity index is 2.08. The molecule has 0 atom stereocenters. The third-order valence-corrected chi connectivity index (χ3v) is 2.92. The number of nitrogens with zero attached hydrogens (tertiary/aromatic N) is 3. The molecule has 5 heteroatoms. The van der Waals surface area contributed by atoms with Gasteiger partial charge in [0.25, 0.3) is 5.91 Å². The van der Waals surface area contributed by atoms with Crippen LogP contribution in [-0.2, 0) is 0 Å². The molecule has 0 bridgehead atoms. The molecule has 1 N–H and O–H groups in total. The Labute approximate surface area is 107 Å². The van der Waals surface area contributed by atoms with E-state index in [1.807, 2.05) is 0 Å². The molecular weight excluding hydrogens is 228 g/mol. The van der Waals surface area contributed by atoms with Gasteiger partial charge in [-0.1, -0.05) is 6.08 Å². The molecule has 0 unspecified atom stereocenters. The largest absolute Gasteiger partial charge is 0.347 e. The van der Waals surface area contributed by atoms with Gasteiger partial charge in [0, 0.05) is 25.8 Å². The normalized spacial score (nSPS) is 15.2. The first-order valence-corrected chi connectivity index (χ1v) is 6.28. The maximum atomic E-state index is 11.8. The average Bonchev–Trinajstić information content (AvgIpc) is 2.46. The number of hydrogen-bond acceptors (Lipinski definition) is 4. The van der Waals surface area contributed by atoms with E-state index in [2.05, 4.69) is 26.8 Å². The highest BCUT2D eigenvalue weighted by molar-refractivity contribution is 5.92. The molecule has 1 aliphatic heterocycles. The zero-order valence-electron chi connectivity index (χ0n) is 10.4. The first-order chi connectivity index (χ1) is 8.81. The van der Waals surface area contributed by atoms with Crippen LogP contribution in [0.2, 0.25) is 0 Å². The molecule has 18 heavy (non-hydrogen) atoms. The number of aromatic nitrogens is 2. The Morgan fingerprint density at radius 3 is 2.94 bits per heavy atom. The SMILES string of the molecule is C=CCNC(=O)c1ccnc(N2CCCCC2)n1. The molecule has 2 heterocycles. The number of rotatable bonds is 4. The van der Waals surface area contributed by atoms with Gasteiger partial charge < -0.3 is 10.2 Å². The van der Waals surface area contributed by atoms with E-state index in [0.29, 0.717) is 18.2 Å². The van der Waals surface area contributed by atoms with Crippen molar-refractivity contribution in [3.05, 3.63) is 30.6 Å². The number of hydrogen-bond donors (Lipinski definition) is 1. The van der Waals surface area contributed by atoms with E-state index in [-0.39, 0.29) is 5.91 Å². The molecule has 0 aliphatic carbocycles. The second kappa shape index (κ2) is 6.14. The predicted octanol–water partition coefficient (Wildman–Crippen LogP) is 1.38. The lowest BCUT2D eigenvalue weighted by molar-refractivity contribution is 0.0953. The van der Waals surface area contributed by atoms with Crippen molar-refractivity contribution in [3.8, 4) is 0 Å². The van der Waals surface area contributed by atoms with Crippen molar-refractivity contribution in [3.63, 3.8) is 0 Å². The van der Waals surface area contributed by atoms with E-state index in [1.54, 1.807) is 18.3 Å². The van der Waals surface area contributed by atoms with Crippen LogP contribution in [0, 0.1) is 0 Å². The van der Waals surface area contributed by atoms with Crippen molar-refractivity contribution >= 4 is 11.9 Å². The zero-order valence-corrected chi connectivity index (χ0v) is 10.4. The van der Waals surface area contributed by atoms with Crippen LogP contribution in [0.3, 0.4) is 0 Å². The van der Waals surface area contributed by atoms with Crippen molar-refractivity contribution in [2.45, 2.75) is 19.3 Å². The van der Waals surface area contributed by atoms with Gasteiger partial charge in [-0.05, 0) is 25.3 Å². The van der Waals surface area contributed by atoms with Gasteiger partial charge in [0.1, 0.15) is 5.69 Å². The first-order valence-electron chi connectivity index (χ1n) is 6.28. The Hall–Kier alpha value is -1.91. The number of carbonyl (C=O) groups is 1. The quantitative estimate of drug-likeness (QED) is 0.815. The second-order valence-corrected chi connectivity index (χ2v) is 4.29. The molecule has 0 aromatic carbocycles. The van der Waals surface area contributed by atoms with Gasteiger partial charge in [-0.15, -0.1) is 6.58 Å². The fraction of sp³-hybridized carbons (Fsp3) is 0.462. The summed E-state index contributed by atoms with van der Waals surface area (Å²) in [6.07, 6.45) is 6.87. The lowest BCUT2D eigenvalue weighted by atomic mass is 10.1. The lowest BCUT2D eigenvalue weighted by Crippen LogP contribution is -2.32. The molecule has 5 nitrogen and oxygen atoms in total. The van der Waals surface area contributed by atoms with Gasteiger partial charge in [0.15, 0.2) is 0 Å². The molecule has 0 spiro atoms. The Bertz CT molecular complexity index is 427. The van der Waals surface area contributed by atoms with Gasteiger partial charge in [-0.25, -0.2) is 9.97 Å². The van der Waals surface area contributed by atoms with Gasteiger partial charge in [-0.3, -0.25) is 4.79 Å². The topological polar surface area (TPSA) is 58.1 Å². The van der Waals surface area contributed by atoms with E-state index in [4.69, 9.17) is 0 Å². The van der Waals surface area contributed by atoms with Crippen molar-refractivity contribution < 1.29 is 4.79 Å². The summed E-state index contributed by atoms with van der Waals surface area (Å²) in [5.41, 5.74) is 0.410. The number of amides is 1. The zero-order chi connectivity index (χ0) is 12.8. The summed E-state index contributed by atoms with van der Waals surface area (Å²) in [4.78, 5) is 22.5. The highest BCUT2D eigenvalue weighted by Crippen LogP contribution is 2.15. The van der Waals surface area contributed by atoms with E-state index in [1.165, 1.54) is 6.42 Å². The fourth-order valence-electron chi connectivity index (χ4n) is 1.98. The molecule has 0 saturated carbocycles. The van der Waals surface area contributed by atoms with Crippen LogP contribution < -0.4 is 10.2 Å². The summed E-state index contributed by atoms with van der Waals surface area (Å²) in [7, 11) is 0. The molecule has 0 radical (unpaired) electrons. The molecule has 1 aromatic heterocycles. The molecule has 1 saturated heterocycles. The molecular formula is C13H18N4O. The third kappa shape index (κ3) is 3.06. The second-order valence-electron chi connectivity index (χ2n) is 4.29. The average molecular weight is 246 g/mol. The minimum atomic E-state index is -0.185. The smallest absolute Gasteiger partial charge is 0.270 e. The van der Waals surface area contributed by atoms with Crippen molar-refractivity contribution in [2.75, 3.05) is 24.5 Å². The van der Waals surface area contributed by atoms with Crippen LogP contribution in [0.5, 0.6) is 0 Å². The Morgan fingerprint density at radius 1 is 1.44 bits per heavy atom. The maximum absolute atomic E-state index is 11.8. The lowest BCUT2D eigenvalue weighted by Gasteiger charge is -2.26. The van der Waals surface area contributed by atoms with E-state index in [9.17, 15) is 4.79 Å². The molecule has 2 rings (SSSR count). The van der Waals surface area contributed by atoms with Gasteiger partial charge in [0.05, 0.1) is 0 Å². The monoisotopic (exact) mass is 246 g/mol. The third-order valence-electron chi connectivity index (χ3n) is 2.92. The first kappa shape index (κ1) is 12.5. The molecule has 1 aliphatic rings. The Kier molecular flexibility index (Phi) is 4.28. The van der Waals surface area contributed by atoms with Gasteiger partial charge in [-0.2, -0.15) is 0 Å². The number of anilines is 1. The maximum Gasteiger partial charge on any atom is 0.270 e. The summed E-state index contributed by atoms with van der Waals surface area (Å²) < 4.78 is 0. The molecule has 96 valence electrons. The summed E-state index contributed by atoms with van der Waals surface area (Å²) >= 11 is 0. The van der Waals surface area contributed by atoms with Crippen LogP contribution in [0.4, 0.5) is 5.95 Å². The van der Waals surface area contributed by atoms with Crippen molar-refractivity contribution in [1.82, 2.24) is 15.3 Å². The van der Waals surface area contributed by atoms with Gasteiger partial charge in [0.2, 0.25) is 5.95 Å².